The Hall–Kier alpha value is -0.500. The van der Waals surface area contributed by atoms with E-state index in [1.54, 1.807) is 0 Å². The fraction of sp³-hybridized carbons (Fsp3) is 0.571. The van der Waals surface area contributed by atoms with Crippen molar-refractivity contribution in [2.24, 2.45) is 0 Å². The van der Waals surface area contributed by atoms with E-state index in [0.29, 0.717) is 0 Å². The molecule has 2 heteroatoms. The Balaban J connectivity index is 4.34. The quantitative estimate of drug-likeness (QED) is 0.517. The van der Waals surface area contributed by atoms with Crippen molar-refractivity contribution in [1.82, 2.24) is 5.32 Å². The van der Waals surface area contributed by atoms with Gasteiger partial charge in [-0.1, -0.05) is 47.8 Å². The molecule has 0 aromatic heterocycles. The normalized spacial score (nSPS) is 14.2. The van der Waals surface area contributed by atoms with Gasteiger partial charge in [-0.2, -0.15) is 0 Å². The Morgan fingerprint density at radius 3 is 2.38 bits per heavy atom. The predicted octanol–water partition coefficient (Wildman–Crippen LogP) is 4.92. The minimum absolute atomic E-state index is 1.06. The molecule has 0 heterocycles. The van der Waals surface area contributed by atoms with E-state index >= 15 is 0 Å². The van der Waals surface area contributed by atoms with Crippen LogP contribution in [0.15, 0.2) is 34.0 Å². The van der Waals surface area contributed by atoms with Crippen molar-refractivity contribution in [1.29, 1.82) is 0 Å². The summed E-state index contributed by atoms with van der Waals surface area (Å²) in [7, 11) is 0. The van der Waals surface area contributed by atoms with Crippen LogP contribution in [0.5, 0.6) is 0 Å². The van der Waals surface area contributed by atoms with Gasteiger partial charge in [0.25, 0.3) is 0 Å². The number of hydrogen-bond donors (Lipinski definition) is 1. The molecule has 0 aromatic carbocycles. The maximum absolute atomic E-state index is 3.49. The third-order valence-corrected chi connectivity index (χ3v) is 2.70. The van der Waals surface area contributed by atoms with Crippen LogP contribution in [0.3, 0.4) is 0 Å². The molecule has 16 heavy (non-hydrogen) atoms. The smallest absolute Gasteiger partial charge is 0.0366 e. The second-order valence-electron chi connectivity index (χ2n) is 3.94. The minimum atomic E-state index is 1.06. The van der Waals surface area contributed by atoms with Gasteiger partial charge in [-0.15, -0.1) is 0 Å². The van der Waals surface area contributed by atoms with Gasteiger partial charge in [0.15, 0.2) is 0 Å². The standard InChI is InChI=1S/C14H24BrN/c1-5-7-8-11-16-14(12(3)6-2)10-9-13(4)15/h6,9-10,16H,5,7-8,11H2,1-4H3/b12-6-,13-9+,14-10+. The highest BCUT2D eigenvalue weighted by Gasteiger charge is 1.97. The van der Waals surface area contributed by atoms with E-state index in [-0.39, 0.29) is 0 Å². The summed E-state index contributed by atoms with van der Waals surface area (Å²) >= 11 is 3.44. The maximum Gasteiger partial charge on any atom is 0.0366 e. The van der Waals surface area contributed by atoms with Crippen molar-refractivity contribution in [2.75, 3.05) is 6.54 Å². The SMILES string of the molecule is C\C=C(C)/C(=C\C=C(/C)Br)NCCCCC. The number of hydrogen-bond acceptors (Lipinski definition) is 1. The van der Waals surface area contributed by atoms with Crippen molar-refractivity contribution < 1.29 is 0 Å². The number of nitrogens with one attached hydrogen (secondary N) is 1. The molecule has 0 radical (unpaired) electrons. The molecule has 0 saturated carbocycles. The topological polar surface area (TPSA) is 12.0 Å². The third kappa shape index (κ3) is 7.75. The van der Waals surface area contributed by atoms with Crippen molar-refractivity contribution in [2.45, 2.75) is 47.0 Å². The van der Waals surface area contributed by atoms with E-state index in [2.05, 4.69) is 60.2 Å². The molecular formula is C14H24BrN. The molecule has 0 amide bonds. The molecular weight excluding hydrogens is 262 g/mol. The molecule has 0 aliphatic rings. The summed E-state index contributed by atoms with van der Waals surface area (Å²) in [5, 5.41) is 3.49. The number of allylic oxidation sites excluding steroid dienone is 5. The minimum Gasteiger partial charge on any atom is -0.385 e. The van der Waals surface area contributed by atoms with Crippen LogP contribution in [-0.4, -0.2) is 6.54 Å². The predicted molar refractivity (Wildman–Crippen MR) is 77.7 cm³/mol. The number of halogens is 1. The van der Waals surface area contributed by atoms with E-state index in [1.165, 1.54) is 30.5 Å². The fourth-order valence-corrected chi connectivity index (χ4v) is 1.41. The Bertz CT molecular complexity index is 270. The van der Waals surface area contributed by atoms with Gasteiger partial charge in [-0.05, 0) is 43.3 Å². The lowest BCUT2D eigenvalue weighted by Crippen LogP contribution is -2.15. The van der Waals surface area contributed by atoms with Crippen molar-refractivity contribution in [3.8, 4) is 0 Å². The van der Waals surface area contributed by atoms with Crippen LogP contribution in [0.25, 0.3) is 0 Å². The van der Waals surface area contributed by atoms with Crippen LogP contribution < -0.4 is 5.32 Å². The Labute approximate surface area is 109 Å². The monoisotopic (exact) mass is 285 g/mol. The lowest BCUT2D eigenvalue weighted by molar-refractivity contribution is 0.670. The number of unbranched alkanes of at least 4 members (excludes halogenated alkanes) is 2. The summed E-state index contributed by atoms with van der Waals surface area (Å²) in [6, 6.07) is 0. The molecule has 1 nitrogen and oxygen atoms in total. The Kier molecular flexibility index (Phi) is 9.40. The van der Waals surface area contributed by atoms with Gasteiger partial charge in [-0.3, -0.25) is 0 Å². The van der Waals surface area contributed by atoms with Crippen LogP contribution >= 0.6 is 15.9 Å². The van der Waals surface area contributed by atoms with Crippen LogP contribution in [0, 0.1) is 0 Å². The molecule has 0 fully saturated rings. The van der Waals surface area contributed by atoms with E-state index < -0.39 is 0 Å². The average molecular weight is 286 g/mol. The summed E-state index contributed by atoms with van der Waals surface area (Å²) < 4.78 is 1.14. The molecule has 0 atom stereocenters. The summed E-state index contributed by atoms with van der Waals surface area (Å²) in [5.41, 5.74) is 2.51. The zero-order valence-electron chi connectivity index (χ0n) is 10.9. The van der Waals surface area contributed by atoms with Gasteiger partial charge in [0.1, 0.15) is 0 Å². The number of rotatable bonds is 7. The van der Waals surface area contributed by atoms with E-state index in [0.717, 1.165) is 11.0 Å². The third-order valence-electron chi connectivity index (χ3n) is 2.43. The molecule has 0 aliphatic carbocycles. The zero-order valence-corrected chi connectivity index (χ0v) is 12.5. The molecule has 0 spiro atoms. The first-order valence-electron chi connectivity index (χ1n) is 6.03. The Morgan fingerprint density at radius 2 is 1.88 bits per heavy atom. The van der Waals surface area contributed by atoms with Gasteiger partial charge >= 0.3 is 0 Å². The van der Waals surface area contributed by atoms with Crippen molar-refractivity contribution >= 4 is 15.9 Å². The van der Waals surface area contributed by atoms with Gasteiger partial charge in [0, 0.05) is 12.2 Å². The highest BCUT2D eigenvalue weighted by molar-refractivity contribution is 9.11. The zero-order chi connectivity index (χ0) is 12.4. The van der Waals surface area contributed by atoms with Crippen LogP contribution in [0.2, 0.25) is 0 Å². The first-order chi connectivity index (χ1) is 7.61. The lowest BCUT2D eigenvalue weighted by Gasteiger charge is -2.10. The molecule has 0 aliphatic heterocycles. The first-order valence-corrected chi connectivity index (χ1v) is 6.82. The molecule has 1 N–H and O–H groups in total. The van der Waals surface area contributed by atoms with E-state index in [9.17, 15) is 0 Å². The van der Waals surface area contributed by atoms with Crippen molar-refractivity contribution in [3.05, 3.63) is 34.0 Å². The largest absolute Gasteiger partial charge is 0.385 e. The van der Waals surface area contributed by atoms with Crippen molar-refractivity contribution in [3.63, 3.8) is 0 Å². The van der Waals surface area contributed by atoms with Crippen LogP contribution in [0.1, 0.15) is 47.0 Å². The molecule has 92 valence electrons. The molecule has 0 saturated heterocycles. The second-order valence-corrected chi connectivity index (χ2v) is 5.19. The highest BCUT2D eigenvalue weighted by Crippen LogP contribution is 2.09. The molecule has 0 unspecified atom stereocenters. The fourth-order valence-electron chi connectivity index (χ4n) is 1.28. The first kappa shape index (κ1) is 15.5. The second kappa shape index (κ2) is 9.71. The van der Waals surface area contributed by atoms with E-state index in [1.807, 2.05) is 6.92 Å². The average Bonchev–Trinajstić information content (AvgIpc) is 2.27. The van der Waals surface area contributed by atoms with Gasteiger partial charge in [-0.25, -0.2) is 0 Å². The molecule has 0 rings (SSSR count). The molecule has 0 bridgehead atoms. The van der Waals surface area contributed by atoms with Crippen LogP contribution in [-0.2, 0) is 0 Å². The van der Waals surface area contributed by atoms with E-state index in [4.69, 9.17) is 0 Å². The summed E-state index contributed by atoms with van der Waals surface area (Å²) in [4.78, 5) is 0. The van der Waals surface area contributed by atoms with Gasteiger partial charge in [0.2, 0.25) is 0 Å². The molecule has 0 aromatic rings. The summed E-state index contributed by atoms with van der Waals surface area (Å²) in [6.45, 7) is 9.53. The summed E-state index contributed by atoms with van der Waals surface area (Å²) in [6.07, 6.45) is 10.1. The van der Waals surface area contributed by atoms with Gasteiger partial charge < -0.3 is 5.32 Å². The van der Waals surface area contributed by atoms with Crippen LogP contribution in [0.4, 0.5) is 0 Å². The van der Waals surface area contributed by atoms with Gasteiger partial charge in [0.05, 0.1) is 0 Å². The maximum atomic E-state index is 3.49. The summed E-state index contributed by atoms with van der Waals surface area (Å²) in [5.74, 6) is 0. The Morgan fingerprint density at radius 1 is 1.19 bits per heavy atom. The highest BCUT2D eigenvalue weighted by atomic mass is 79.9. The lowest BCUT2D eigenvalue weighted by atomic mass is 10.2.